The maximum absolute atomic E-state index is 13.9. The second-order valence-electron chi connectivity index (χ2n) is 17.4. The molecule has 18 heteroatoms. The summed E-state index contributed by atoms with van der Waals surface area (Å²) in [5.74, 6) is -1.90. The smallest absolute Gasteiger partial charge is 0.417 e. The van der Waals surface area contributed by atoms with Crippen molar-refractivity contribution in [2.75, 3.05) is 46.1 Å². The highest BCUT2D eigenvalue weighted by atomic mass is 32.1. The van der Waals surface area contributed by atoms with Crippen LogP contribution in [-0.4, -0.2) is 114 Å². The van der Waals surface area contributed by atoms with Crippen molar-refractivity contribution in [2.24, 2.45) is 10.8 Å². The lowest BCUT2D eigenvalue weighted by atomic mass is 9.85. The third-order valence-corrected chi connectivity index (χ3v) is 11.8. The molecule has 336 valence electrons. The number of β-amino-alcohol motifs (C(OH)–C–C–N with tert-alkyl or cyclic N) is 1. The van der Waals surface area contributed by atoms with Crippen molar-refractivity contribution in [2.45, 2.75) is 97.8 Å². The molecule has 2 aromatic carbocycles. The van der Waals surface area contributed by atoms with Crippen LogP contribution in [-0.2, 0) is 41.4 Å². The number of amides is 4. The maximum Gasteiger partial charge on any atom is 0.417 e. The number of aromatic nitrogens is 1. The largest absolute Gasteiger partial charge is 0.480 e. The molecule has 0 spiro atoms. The van der Waals surface area contributed by atoms with Crippen molar-refractivity contribution in [1.82, 2.24) is 25.4 Å². The normalized spacial score (nSPS) is 19.3. The highest BCUT2D eigenvalue weighted by molar-refractivity contribution is 7.13. The number of hydrogen-bond donors (Lipinski definition) is 3. The minimum atomic E-state index is -4.75. The number of nitriles is 1. The highest BCUT2D eigenvalue weighted by Gasteiger charge is 2.48. The molecule has 2 saturated heterocycles. The number of nitrogens with zero attached hydrogens (tertiary/aromatic N) is 4. The quantitative estimate of drug-likeness (QED) is 0.143. The zero-order chi connectivity index (χ0) is 45.4. The number of aliphatic hydroxyl groups excluding tert-OH is 1. The van der Waals surface area contributed by atoms with Crippen LogP contribution in [0.2, 0.25) is 0 Å². The van der Waals surface area contributed by atoms with Gasteiger partial charge in [-0.25, -0.2) is 4.98 Å². The summed E-state index contributed by atoms with van der Waals surface area (Å²) in [5.41, 5.74) is 1.56. The lowest BCUT2D eigenvalue weighted by Crippen LogP contribution is -2.58. The number of thiazole rings is 1. The minimum Gasteiger partial charge on any atom is -0.480 e. The van der Waals surface area contributed by atoms with Gasteiger partial charge in [-0.3, -0.25) is 19.2 Å². The molecule has 2 aliphatic heterocycles. The summed E-state index contributed by atoms with van der Waals surface area (Å²) < 4.78 is 57.3. The van der Waals surface area contributed by atoms with Gasteiger partial charge in [-0.1, -0.05) is 58.9 Å². The summed E-state index contributed by atoms with van der Waals surface area (Å²) in [5, 5.41) is 25.2. The molecule has 0 radical (unpaired) electrons. The number of carbonyl (C=O) groups excluding carboxylic acids is 4. The van der Waals surface area contributed by atoms with E-state index in [0.717, 1.165) is 33.8 Å². The zero-order valence-electron chi connectivity index (χ0n) is 35.8. The number of ether oxygens (including phenoxy) is 3. The molecule has 3 N–H and O–H groups in total. The summed E-state index contributed by atoms with van der Waals surface area (Å²) in [6.45, 7) is 12.1. The highest BCUT2D eigenvalue weighted by Crippen LogP contribution is 2.38. The van der Waals surface area contributed by atoms with E-state index < -0.39 is 70.1 Å². The van der Waals surface area contributed by atoms with E-state index >= 15 is 0 Å². The van der Waals surface area contributed by atoms with Gasteiger partial charge in [0.25, 0.3) is 5.91 Å². The van der Waals surface area contributed by atoms with Crippen molar-refractivity contribution in [3.8, 4) is 22.3 Å². The van der Waals surface area contributed by atoms with Crippen LogP contribution in [0.3, 0.4) is 0 Å². The molecule has 3 aromatic rings. The molecule has 5 rings (SSSR count). The Balaban J connectivity index is 1.00. The first-order valence-corrected chi connectivity index (χ1v) is 21.3. The molecule has 4 atom stereocenters. The monoisotopic (exact) mass is 884 g/mol. The van der Waals surface area contributed by atoms with Gasteiger partial charge >= 0.3 is 6.18 Å². The maximum atomic E-state index is 13.9. The first-order valence-electron chi connectivity index (χ1n) is 20.5. The molecule has 3 heterocycles. The van der Waals surface area contributed by atoms with E-state index in [0.29, 0.717) is 32.5 Å². The molecule has 0 bridgehead atoms. The van der Waals surface area contributed by atoms with Crippen molar-refractivity contribution in [3.05, 3.63) is 70.4 Å². The molecule has 2 fully saturated rings. The molecule has 1 aromatic heterocycles. The number of aliphatic hydroxyl groups is 1. The van der Waals surface area contributed by atoms with E-state index in [9.17, 15) is 37.5 Å². The molecular formula is C44H55F3N6O8S. The van der Waals surface area contributed by atoms with Crippen LogP contribution in [0.25, 0.3) is 10.4 Å². The van der Waals surface area contributed by atoms with E-state index in [4.69, 9.17) is 19.5 Å². The number of halogens is 3. The van der Waals surface area contributed by atoms with E-state index in [1.807, 2.05) is 31.2 Å². The van der Waals surface area contributed by atoms with Gasteiger partial charge in [0.2, 0.25) is 17.7 Å². The van der Waals surface area contributed by atoms with Crippen LogP contribution >= 0.6 is 11.3 Å². The van der Waals surface area contributed by atoms with Crippen molar-refractivity contribution >= 4 is 35.0 Å². The van der Waals surface area contributed by atoms with Gasteiger partial charge in [0, 0.05) is 44.6 Å². The second-order valence-corrected chi connectivity index (χ2v) is 18.2. The Morgan fingerprint density at radius 1 is 1.06 bits per heavy atom. The number of likely N-dealkylation sites (tertiary alicyclic amines) is 2. The summed E-state index contributed by atoms with van der Waals surface area (Å²) in [6.07, 6.45) is -5.40. The number of alkyl halides is 3. The lowest BCUT2D eigenvalue weighted by Gasteiger charge is -2.35. The molecule has 0 saturated carbocycles. The molecule has 4 amide bonds. The van der Waals surface area contributed by atoms with Gasteiger partial charge in [0.15, 0.2) is 6.10 Å². The van der Waals surface area contributed by atoms with Gasteiger partial charge in [-0.05, 0) is 54.5 Å². The number of rotatable bonds is 18. The number of carbonyl (C=O) groups is 4. The molecular weight excluding hydrogens is 830 g/mol. The fraction of sp³-hybridized carbons (Fsp3) is 0.545. The Kier molecular flexibility index (Phi) is 15.8. The molecule has 62 heavy (non-hydrogen) atoms. The number of benzene rings is 2. The first kappa shape index (κ1) is 48.0. The van der Waals surface area contributed by atoms with Crippen molar-refractivity contribution < 1.29 is 51.7 Å². The molecule has 0 aliphatic carbocycles. The number of hydrogen-bond acceptors (Lipinski definition) is 11. The van der Waals surface area contributed by atoms with E-state index in [2.05, 4.69) is 15.6 Å². The lowest BCUT2D eigenvalue weighted by molar-refractivity contribution is -0.144. The van der Waals surface area contributed by atoms with E-state index in [1.165, 1.54) is 17.0 Å². The summed E-state index contributed by atoms with van der Waals surface area (Å²) in [7, 11) is 0. The molecule has 14 nitrogen and oxygen atoms in total. The van der Waals surface area contributed by atoms with Crippen LogP contribution in [0.15, 0.2) is 48.0 Å². The van der Waals surface area contributed by atoms with Crippen LogP contribution in [0.1, 0.15) is 76.3 Å². The fourth-order valence-corrected chi connectivity index (χ4v) is 8.30. The standard InChI is InChI=1S/C44H55F3N6O8S/c1-27-36(62-26-50-27)29-11-9-28(10-12-29)22-49-39(56)34-19-31(54)23-53(34)40(57)37(42(2,3)4)51-35(55)24-60-18-17-59-16-8-7-15-52-25-43(5,6)38(41(52)58)61-32-14-13-30(21-48)33(20-32)44(45,46)47/h9-14,20,26,31,34,37-38,54H,7-8,15-19,22-25H2,1-6H3,(H,49,56)(H,51,55). The van der Waals surface area contributed by atoms with Crippen molar-refractivity contribution in [3.63, 3.8) is 0 Å². The second kappa shape index (κ2) is 20.4. The van der Waals surface area contributed by atoms with Gasteiger partial charge in [0.1, 0.15) is 24.4 Å². The fourth-order valence-electron chi connectivity index (χ4n) is 7.49. The summed E-state index contributed by atoms with van der Waals surface area (Å²) >= 11 is 1.55. The Morgan fingerprint density at radius 2 is 1.77 bits per heavy atom. The Labute approximate surface area is 363 Å². The van der Waals surface area contributed by atoms with Gasteiger partial charge in [0.05, 0.1) is 52.6 Å². The predicted octanol–water partition coefficient (Wildman–Crippen LogP) is 5.25. The van der Waals surface area contributed by atoms with Gasteiger partial charge in [-0.2, -0.15) is 18.4 Å². The van der Waals surface area contributed by atoms with Crippen LogP contribution in [0, 0.1) is 29.1 Å². The summed E-state index contributed by atoms with van der Waals surface area (Å²) in [4.78, 5) is 61.8. The zero-order valence-corrected chi connectivity index (χ0v) is 36.7. The van der Waals surface area contributed by atoms with Crippen molar-refractivity contribution in [1.29, 1.82) is 5.26 Å². The Bertz CT molecular complexity index is 2100. The average Bonchev–Trinajstić information content (AvgIpc) is 3.88. The minimum absolute atomic E-state index is 0.0493. The van der Waals surface area contributed by atoms with Crippen LogP contribution in [0.5, 0.6) is 5.75 Å². The third-order valence-electron chi connectivity index (χ3n) is 10.8. The first-order chi connectivity index (χ1) is 29.2. The van der Waals surface area contributed by atoms with Crippen LogP contribution in [0.4, 0.5) is 13.2 Å². The number of aryl methyl sites for hydroxylation is 1. The average molecular weight is 885 g/mol. The van der Waals surface area contributed by atoms with E-state index in [1.54, 1.807) is 56.4 Å². The SMILES string of the molecule is Cc1ncsc1-c1ccc(CNC(=O)C2CC(O)CN2C(=O)C(NC(=O)COCCOCCCCN2CC(C)(C)C(Oc3ccc(C#N)c(C(F)(F)F)c3)C2=O)C(C)(C)C)cc1. The Morgan fingerprint density at radius 3 is 2.42 bits per heavy atom. The summed E-state index contributed by atoms with van der Waals surface area (Å²) in [6, 6.07) is 10.4. The topological polar surface area (TPSA) is 183 Å². The third kappa shape index (κ3) is 12.3. The number of unbranched alkanes of at least 4 members (excludes halogenated alkanes) is 1. The molecule has 4 unspecified atom stereocenters. The Hall–Kier alpha value is -5.09. The molecule has 2 aliphatic rings. The van der Waals surface area contributed by atoms with Crippen LogP contribution < -0.4 is 15.4 Å². The number of nitrogens with one attached hydrogen (secondary N) is 2. The van der Waals surface area contributed by atoms with Gasteiger partial charge < -0.3 is 39.8 Å². The van der Waals surface area contributed by atoms with E-state index in [-0.39, 0.29) is 51.0 Å². The predicted molar refractivity (Wildman–Crippen MR) is 223 cm³/mol. The van der Waals surface area contributed by atoms with Gasteiger partial charge in [-0.15, -0.1) is 11.3 Å².